The molecule has 0 radical (unpaired) electrons. The molecular formula is C17H19ClN3O4S+. The molecule has 138 valence electrons. The lowest BCUT2D eigenvalue weighted by Crippen LogP contribution is -3.15. The number of hydrogen-bond acceptors (Lipinski definition) is 5. The number of thiophene rings is 1. The Hall–Kier alpha value is -2.00. The molecule has 3 rings (SSSR count). The number of carbonyl (C=O) groups is 1. The van der Waals surface area contributed by atoms with E-state index >= 15 is 0 Å². The molecule has 1 saturated heterocycles. The highest BCUT2D eigenvalue weighted by Gasteiger charge is 2.28. The van der Waals surface area contributed by atoms with Crippen molar-refractivity contribution in [1.29, 1.82) is 0 Å². The third kappa shape index (κ3) is 4.39. The summed E-state index contributed by atoms with van der Waals surface area (Å²) in [5.74, 6) is -0.334. The molecule has 2 heterocycles. The first kappa shape index (κ1) is 18.8. The van der Waals surface area contributed by atoms with E-state index in [4.69, 9.17) is 16.3 Å². The molecule has 1 aromatic carbocycles. The predicted molar refractivity (Wildman–Crippen MR) is 99.0 cm³/mol. The van der Waals surface area contributed by atoms with E-state index in [1.54, 1.807) is 11.3 Å². The second-order valence-electron chi connectivity index (χ2n) is 5.97. The van der Waals surface area contributed by atoms with E-state index in [0.717, 1.165) is 13.1 Å². The van der Waals surface area contributed by atoms with Crippen molar-refractivity contribution in [3.05, 3.63) is 61.3 Å². The number of nitrogens with one attached hydrogen (secondary N) is 2. The number of quaternary nitrogens is 1. The molecule has 1 fully saturated rings. The molecule has 0 saturated carbocycles. The van der Waals surface area contributed by atoms with Crippen LogP contribution in [0.25, 0.3) is 0 Å². The van der Waals surface area contributed by atoms with Gasteiger partial charge in [0.15, 0.2) is 0 Å². The maximum atomic E-state index is 12.5. The largest absolute Gasteiger partial charge is 0.370 e. The molecule has 0 spiro atoms. The first-order valence-electron chi connectivity index (χ1n) is 8.24. The molecule has 0 bridgehead atoms. The average molecular weight is 397 g/mol. The Bertz CT molecular complexity index is 778. The first-order chi connectivity index (χ1) is 12.6. The normalized spacial score (nSPS) is 16.2. The van der Waals surface area contributed by atoms with Crippen molar-refractivity contribution < 1.29 is 19.4 Å². The number of benzene rings is 1. The van der Waals surface area contributed by atoms with Crippen molar-refractivity contribution in [3.8, 4) is 0 Å². The Kier molecular flexibility index (Phi) is 6.20. The fraction of sp³-hybridized carbons (Fsp3) is 0.353. The molecule has 2 N–H and O–H groups in total. The second kappa shape index (κ2) is 8.59. The van der Waals surface area contributed by atoms with Crippen LogP contribution in [0.5, 0.6) is 0 Å². The monoisotopic (exact) mass is 396 g/mol. The molecule has 1 aromatic heterocycles. The van der Waals surface area contributed by atoms with Gasteiger partial charge in [0.05, 0.1) is 40.1 Å². The highest BCUT2D eigenvalue weighted by Crippen LogP contribution is 2.23. The fourth-order valence-corrected chi connectivity index (χ4v) is 4.16. The number of amides is 1. The van der Waals surface area contributed by atoms with Gasteiger partial charge >= 0.3 is 0 Å². The second-order valence-corrected chi connectivity index (χ2v) is 7.36. The van der Waals surface area contributed by atoms with Gasteiger partial charge in [-0.3, -0.25) is 14.9 Å². The third-order valence-electron chi connectivity index (χ3n) is 4.39. The summed E-state index contributed by atoms with van der Waals surface area (Å²) in [5.41, 5.74) is 0.0972. The van der Waals surface area contributed by atoms with Crippen LogP contribution in [0, 0.1) is 10.1 Å². The van der Waals surface area contributed by atoms with Gasteiger partial charge < -0.3 is 15.0 Å². The Balaban J connectivity index is 1.70. The van der Waals surface area contributed by atoms with Crippen LogP contribution in [-0.4, -0.2) is 43.7 Å². The molecular weight excluding hydrogens is 378 g/mol. The number of nitro benzene ring substituents is 1. The Morgan fingerprint density at radius 1 is 1.38 bits per heavy atom. The van der Waals surface area contributed by atoms with Crippen LogP contribution >= 0.6 is 22.9 Å². The quantitative estimate of drug-likeness (QED) is 0.574. The number of non-ortho nitro benzene ring substituents is 1. The maximum absolute atomic E-state index is 12.5. The van der Waals surface area contributed by atoms with E-state index in [9.17, 15) is 14.9 Å². The molecule has 0 unspecified atom stereocenters. The van der Waals surface area contributed by atoms with Crippen molar-refractivity contribution in [1.82, 2.24) is 5.32 Å². The van der Waals surface area contributed by atoms with Crippen molar-refractivity contribution in [3.63, 3.8) is 0 Å². The van der Waals surface area contributed by atoms with Gasteiger partial charge in [-0.25, -0.2) is 0 Å². The topological polar surface area (TPSA) is 85.9 Å². The van der Waals surface area contributed by atoms with E-state index in [1.165, 1.54) is 28.0 Å². The minimum absolute atomic E-state index is 0.0723. The van der Waals surface area contributed by atoms with Crippen LogP contribution in [0.1, 0.15) is 21.3 Å². The molecule has 1 amide bonds. The highest BCUT2D eigenvalue weighted by molar-refractivity contribution is 7.10. The lowest BCUT2D eigenvalue weighted by molar-refractivity contribution is -0.937. The molecule has 2 aromatic rings. The number of hydrogen-bond donors (Lipinski definition) is 2. The molecule has 1 aliphatic heterocycles. The first-order valence-corrected chi connectivity index (χ1v) is 9.50. The Labute approximate surface area is 159 Å². The zero-order valence-electron chi connectivity index (χ0n) is 13.9. The summed E-state index contributed by atoms with van der Waals surface area (Å²) in [6, 6.07) is 8.08. The number of nitro groups is 1. The van der Waals surface area contributed by atoms with E-state index in [2.05, 4.69) is 11.4 Å². The van der Waals surface area contributed by atoms with Gasteiger partial charge in [-0.1, -0.05) is 17.7 Å². The minimum Gasteiger partial charge on any atom is -0.370 e. The van der Waals surface area contributed by atoms with Crippen LogP contribution in [0.15, 0.2) is 35.7 Å². The molecule has 7 nitrogen and oxygen atoms in total. The zero-order chi connectivity index (χ0) is 18.5. The van der Waals surface area contributed by atoms with E-state index in [1.807, 2.05) is 11.4 Å². The van der Waals surface area contributed by atoms with Gasteiger partial charge in [0.25, 0.3) is 11.6 Å². The molecule has 1 aliphatic rings. The minimum atomic E-state index is -0.540. The number of morpholine rings is 1. The summed E-state index contributed by atoms with van der Waals surface area (Å²) >= 11 is 7.71. The number of halogens is 1. The van der Waals surface area contributed by atoms with Gasteiger partial charge in [0.1, 0.15) is 19.1 Å². The summed E-state index contributed by atoms with van der Waals surface area (Å²) < 4.78 is 5.43. The van der Waals surface area contributed by atoms with E-state index in [-0.39, 0.29) is 28.2 Å². The lowest BCUT2D eigenvalue weighted by atomic mass is 10.1. The molecule has 9 heteroatoms. The summed E-state index contributed by atoms with van der Waals surface area (Å²) in [5, 5.41) is 15.8. The number of nitrogens with zero attached hydrogens (tertiary/aromatic N) is 1. The van der Waals surface area contributed by atoms with Crippen molar-refractivity contribution in [2.75, 3.05) is 32.8 Å². The van der Waals surface area contributed by atoms with Gasteiger partial charge in [-0.15, -0.1) is 11.3 Å². The molecule has 1 atom stereocenters. The van der Waals surface area contributed by atoms with E-state index < -0.39 is 4.92 Å². The lowest BCUT2D eigenvalue weighted by Gasteiger charge is -2.31. The van der Waals surface area contributed by atoms with Crippen LogP contribution < -0.4 is 10.2 Å². The number of ether oxygens (including phenoxy) is 1. The van der Waals surface area contributed by atoms with Crippen LogP contribution in [0.3, 0.4) is 0 Å². The van der Waals surface area contributed by atoms with E-state index in [0.29, 0.717) is 19.8 Å². The standard InChI is InChI=1S/C17H18ClN3O4S/c18-14-10-12(21(23)24)3-4-13(14)17(22)19-11-15(16-2-1-9-26-16)20-5-7-25-8-6-20/h1-4,9-10,15H,5-8,11H2,(H,19,22)/p+1/t15-/m0/s1. The summed E-state index contributed by atoms with van der Waals surface area (Å²) in [7, 11) is 0. The predicted octanol–water partition coefficient (Wildman–Crippen LogP) is 1.70. The summed E-state index contributed by atoms with van der Waals surface area (Å²) in [6.45, 7) is 3.65. The average Bonchev–Trinajstić information content (AvgIpc) is 3.17. The smallest absolute Gasteiger partial charge is 0.270 e. The summed E-state index contributed by atoms with van der Waals surface area (Å²) in [4.78, 5) is 25.3. The molecule has 26 heavy (non-hydrogen) atoms. The van der Waals surface area contributed by atoms with Crippen molar-refractivity contribution in [2.24, 2.45) is 0 Å². The van der Waals surface area contributed by atoms with Crippen molar-refractivity contribution in [2.45, 2.75) is 6.04 Å². The van der Waals surface area contributed by atoms with Crippen LogP contribution in [-0.2, 0) is 4.74 Å². The third-order valence-corrected chi connectivity index (χ3v) is 5.69. The summed E-state index contributed by atoms with van der Waals surface area (Å²) in [6.07, 6.45) is 0. The van der Waals surface area contributed by atoms with Gasteiger partial charge in [-0.2, -0.15) is 0 Å². The van der Waals surface area contributed by atoms with Crippen LogP contribution in [0.2, 0.25) is 5.02 Å². The Morgan fingerprint density at radius 2 is 2.15 bits per heavy atom. The van der Waals surface area contributed by atoms with Gasteiger partial charge in [-0.05, 0) is 17.5 Å². The maximum Gasteiger partial charge on any atom is 0.270 e. The van der Waals surface area contributed by atoms with Crippen LogP contribution in [0.4, 0.5) is 5.69 Å². The zero-order valence-corrected chi connectivity index (χ0v) is 15.5. The molecule has 0 aliphatic carbocycles. The number of carbonyl (C=O) groups excluding carboxylic acids is 1. The fourth-order valence-electron chi connectivity index (χ4n) is 3.01. The van der Waals surface area contributed by atoms with Crippen molar-refractivity contribution >= 4 is 34.5 Å². The highest BCUT2D eigenvalue weighted by atomic mass is 35.5. The Morgan fingerprint density at radius 3 is 2.77 bits per heavy atom. The van der Waals surface area contributed by atoms with Gasteiger partial charge in [0, 0.05) is 12.1 Å². The van der Waals surface area contributed by atoms with Gasteiger partial charge in [0.2, 0.25) is 0 Å². The number of rotatable bonds is 6. The SMILES string of the molecule is O=C(NC[C@@H](c1cccs1)[NH+]1CCOCC1)c1ccc([N+](=O)[O-])cc1Cl.